The lowest BCUT2D eigenvalue weighted by Crippen LogP contribution is -2.22. The van der Waals surface area contributed by atoms with Crippen LogP contribution >= 0.6 is 44.4 Å². The maximum atomic E-state index is 5.82. The van der Waals surface area contributed by atoms with Gasteiger partial charge in [-0.2, -0.15) is 0 Å². The molecule has 0 aliphatic heterocycles. The number of hydrogen-bond acceptors (Lipinski definition) is 2. The highest BCUT2D eigenvalue weighted by atomic mass is 127. The lowest BCUT2D eigenvalue weighted by atomic mass is 10.1. The molecule has 0 N–H and O–H groups in total. The van der Waals surface area contributed by atoms with Crippen LogP contribution in [0.2, 0.25) is 0 Å². The Bertz CT molecular complexity index is 412. The van der Waals surface area contributed by atoms with Crippen LogP contribution < -0.4 is 0 Å². The number of benzene rings is 1. The first-order valence-electron chi connectivity index (χ1n) is 6.03. The molecule has 0 saturated carbocycles. The smallest absolute Gasteiger partial charge is 0.0896 e. The van der Waals surface area contributed by atoms with Gasteiger partial charge < -0.3 is 9.26 Å². The molecule has 0 heterocycles. The third kappa shape index (κ3) is 6.67. The number of hydrogen-bond donors (Lipinski definition) is 0. The molecule has 0 radical (unpaired) electrons. The van der Waals surface area contributed by atoms with Crippen LogP contribution in [0, 0.1) is 0 Å². The molecule has 0 bridgehead atoms. The van der Waals surface area contributed by atoms with Crippen molar-refractivity contribution in [1.29, 1.82) is 0 Å². The van der Waals surface area contributed by atoms with Crippen LogP contribution in [0.5, 0.6) is 0 Å². The zero-order valence-electron chi connectivity index (χ0n) is 11.2. The highest BCUT2D eigenvalue weighted by Crippen LogP contribution is 2.35. The van der Waals surface area contributed by atoms with Crippen LogP contribution in [0.25, 0.3) is 0 Å². The summed E-state index contributed by atoms with van der Waals surface area (Å²) in [6.07, 6.45) is 2.74. The molecule has 0 saturated heterocycles. The zero-order chi connectivity index (χ0) is 14.3. The number of rotatable bonds is 8. The van der Waals surface area contributed by atoms with Gasteiger partial charge in [0.05, 0.1) is 24.8 Å². The van der Waals surface area contributed by atoms with Gasteiger partial charge in [-0.15, -0.1) is 6.58 Å². The summed E-state index contributed by atoms with van der Waals surface area (Å²) in [6, 6.07) is 8.23. The van der Waals surface area contributed by atoms with Crippen LogP contribution in [-0.4, -0.2) is 12.2 Å². The lowest BCUT2D eigenvalue weighted by Gasteiger charge is -2.23. The molecule has 1 aromatic carbocycles. The van der Waals surface area contributed by atoms with E-state index in [2.05, 4.69) is 56.7 Å². The first-order valence-corrected chi connectivity index (χ1v) is 10.8. The monoisotopic (exact) mass is 456 g/mol. The van der Waals surface area contributed by atoms with Crippen molar-refractivity contribution in [3.05, 3.63) is 47.0 Å². The van der Waals surface area contributed by atoms with Gasteiger partial charge in [0.25, 0.3) is 0 Å². The van der Waals surface area contributed by atoms with Gasteiger partial charge in [-0.25, -0.2) is 0 Å². The van der Waals surface area contributed by atoms with Crippen molar-refractivity contribution in [2.45, 2.75) is 32.0 Å². The van der Waals surface area contributed by atoms with E-state index in [1.165, 1.54) is 5.56 Å². The van der Waals surface area contributed by atoms with E-state index in [1.54, 1.807) is 0 Å². The second-order valence-corrected chi connectivity index (χ2v) is 7.31. The number of ether oxygens (including phenoxy) is 1. The van der Waals surface area contributed by atoms with Gasteiger partial charge in [0.2, 0.25) is 0 Å². The van der Waals surface area contributed by atoms with Gasteiger partial charge in [0.1, 0.15) is 0 Å². The van der Waals surface area contributed by atoms with Crippen LogP contribution in [0.1, 0.15) is 31.9 Å². The summed E-state index contributed by atoms with van der Waals surface area (Å²) in [5.41, 5.74) is 0.896. The minimum Gasteiger partial charge on any atom is -0.371 e. The molecule has 19 heavy (non-hydrogen) atoms. The molecular formula is C14H19BrIO2P. The van der Waals surface area contributed by atoms with Crippen molar-refractivity contribution in [3.8, 4) is 0 Å². The number of halogens is 2. The fourth-order valence-electron chi connectivity index (χ4n) is 1.54. The average molecular weight is 457 g/mol. The van der Waals surface area contributed by atoms with E-state index < -0.39 is 0 Å². The van der Waals surface area contributed by atoms with Crippen molar-refractivity contribution in [2.75, 3.05) is 6.61 Å². The first kappa shape index (κ1) is 17.6. The summed E-state index contributed by atoms with van der Waals surface area (Å²) in [4.78, 5) is 0. The van der Waals surface area contributed by atoms with Gasteiger partial charge in [-0.05, 0) is 53.6 Å². The molecular weight excluding hydrogens is 438 g/mol. The van der Waals surface area contributed by atoms with Crippen molar-refractivity contribution >= 4 is 44.4 Å². The Morgan fingerprint density at radius 1 is 1.53 bits per heavy atom. The van der Waals surface area contributed by atoms with Gasteiger partial charge in [0, 0.05) is 10.9 Å². The minimum absolute atomic E-state index is 0.0772. The van der Waals surface area contributed by atoms with E-state index in [0.717, 1.165) is 10.9 Å². The molecule has 1 aromatic rings. The van der Waals surface area contributed by atoms with Crippen molar-refractivity contribution in [2.24, 2.45) is 0 Å². The average Bonchev–Trinajstić information content (AvgIpc) is 2.37. The topological polar surface area (TPSA) is 18.5 Å². The second-order valence-electron chi connectivity index (χ2n) is 4.68. The largest absolute Gasteiger partial charge is 0.371 e. The lowest BCUT2D eigenvalue weighted by molar-refractivity contribution is 0.00573. The van der Waals surface area contributed by atoms with Gasteiger partial charge >= 0.3 is 0 Å². The van der Waals surface area contributed by atoms with E-state index in [9.17, 15) is 0 Å². The molecule has 0 aliphatic carbocycles. The summed E-state index contributed by atoms with van der Waals surface area (Å²) < 4.78 is 12.7. The molecule has 5 heteroatoms. The Morgan fingerprint density at radius 3 is 2.84 bits per heavy atom. The van der Waals surface area contributed by atoms with Crippen molar-refractivity contribution in [3.63, 3.8) is 0 Å². The molecule has 0 spiro atoms. The summed E-state index contributed by atoms with van der Waals surface area (Å²) >= 11 is 5.74. The van der Waals surface area contributed by atoms with Gasteiger partial charge in [-0.1, -0.05) is 34.1 Å². The Balaban J connectivity index is 2.61. The molecule has 0 amide bonds. The molecule has 2 atom stereocenters. The molecule has 0 aromatic heterocycles. The third-order valence-electron chi connectivity index (χ3n) is 2.75. The van der Waals surface area contributed by atoms with E-state index in [1.807, 2.05) is 32.1 Å². The Labute approximate surface area is 138 Å². The van der Waals surface area contributed by atoms with Crippen LogP contribution in [-0.2, 0) is 9.26 Å². The maximum absolute atomic E-state index is 5.82. The Hall–Kier alpha value is 0.520. The van der Waals surface area contributed by atoms with E-state index in [-0.39, 0.29) is 11.7 Å². The molecule has 0 fully saturated rings. The third-order valence-corrected chi connectivity index (χ3v) is 4.38. The molecule has 2 unspecified atom stereocenters. The fraction of sp³-hybridized carbons (Fsp3) is 0.429. The summed E-state index contributed by atoms with van der Waals surface area (Å²) in [5, 5.41) is 0. The first-order chi connectivity index (χ1) is 8.98. The molecule has 2 nitrogen and oxygen atoms in total. The minimum atomic E-state index is -0.283. The quantitative estimate of drug-likeness (QED) is 0.278. The fourth-order valence-corrected chi connectivity index (χ4v) is 3.24. The SMILES string of the molecule is C=CC(C)(C)OCCC(OPI)c1cccc(Br)c1. The van der Waals surface area contributed by atoms with Crippen molar-refractivity contribution < 1.29 is 9.26 Å². The molecule has 106 valence electrons. The van der Waals surface area contributed by atoms with E-state index in [0.29, 0.717) is 13.1 Å². The zero-order valence-corrected chi connectivity index (χ0v) is 15.9. The molecule has 0 aliphatic rings. The van der Waals surface area contributed by atoms with Gasteiger partial charge in [0.15, 0.2) is 0 Å². The van der Waals surface area contributed by atoms with E-state index >= 15 is 0 Å². The van der Waals surface area contributed by atoms with Crippen LogP contribution in [0.4, 0.5) is 0 Å². The predicted octanol–water partition coefficient (Wildman–Crippen LogP) is 5.82. The van der Waals surface area contributed by atoms with Crippen LogP contribution in [0.3, 0.4) is 0 Å². The summed E-state index contributed by atoms with van der Waals surface area (Å²) in [5.74, 6) is 0. The Morgan fingerprint density at radius 2 is 2.26 bits per heavy atom. The summed E-state index contributed by atoms with van der Waals surface area (Å²) in [6.45, 7) is 8.88. The second kappa shape index (κ2) is 8.73. The van der Waals surface area contributed by atoms with Gasteiger partial charge in [-0.3, -0.25) is 0 Å². The summed E-state index contributed by atoms with van der Waals surface area (Å²) in [7, 11) is 0. The van der Waals surface area contributed by atoms with E-state index in [4.69, 9.17) is 9.26 Å². The normalized spacial score (nSPS) is 13.9. The van der Waals surface area contributed by atoms with Crippen LogP contribution in [0.15, 0.2) is 41.4 Å². The molecule has 1 rings (SSSR count). The highest BCUT2D eigenvalue weighted by molar-refractivity contribution is 14.2. The predicted molar refractivity (Wildman–Crippen MR) is 95.1 cm³/mol. The maximum Gasteiger partial charge on any atom is 0.0896 e. The standard InChI is InChI=1S/C14H19BrIO2P/c1-4-14(2,3)17-9-8-13(18-19-16)11-6-5-7-12(15)10-11/h4-7,10,13,19H,1,8-9H2,2-3H3. The highest BCUT2D eigenvalue weighted by Gasteiger charge is 2.16. The van der Waals surface area contributed by atoms with Crippen molar-refractivity contribution in [1.82, 2.24) is 0 Å². The Kier molecular flexibility index (Phi) is 8.07.